The van der Waals surface area contributed by atoms with Crippen LogP contribution in [0.3, 0.4) is 0 Å². The van der Waals surface area contributed by atoms with Crippen molar-refractivity contribution in [2.24, 2.45) is 0 Å². The molecule has 0 aliphatic carbocycles. The lowest BCUT2D eigenvalue weighted by molar-refractivity contribution is -0.117. The molecule has 0 saturated heterocycles. The summed E-state index contributed by atoms with van der Waals surface area (Å²) in [7, 11) is 0. The highest BCUT2D eigenvalue weighted by atomic mass is 19.1. The van der Waals surface area contributed by atoms with Crippen molar-refractivity contribution in [1.29, 1.82) is 0 Å². The van der Waals surface area contributed by atoms with E-state index in [1.54, 1.807) is 6.92 Å². The monoisotopic (exact) mass is 333 g/mol. The van der Waals surface area contributed by atoms with Crippen molar-refractivity contribution in [2.75, 3.05) is 11.1 Å². The van der Waals surface area contributed by atoms with E-state index in [9.17, 15) is 9.18 Å². The molecule has 0 bridgehead atoms. The molecule has 2 heterocycles. The van der Waals surface area contributed by atoms with Crippen molar-refractivity contribution < 1.29 is 9.18 Å². The molecule has 0 spiro atoms. The van der Waals surface area contributed by atoms with E-state index in [1.165, 1.54) is 6.07 Å². The molecule has 2 aromatic heterocycles. The Morgan fingerprint density at radius 3 is 2.79 bits per heavy atom. The van der Waals surface area contributed by atoms with Gasteiger partial charge in [-0.2, -0.15) is 4.98 Å². The first-order chi connectivity index (χ1) is 11.3. The van der Waals surface area contributed by atoms with Crippen LogP contribution >= 0.6 is 0 Å². The minimum Gasteiger partial charge on any atom is -0.368 e. The minimum absolute atomic E-state index is 0.0572. The van der Waals surface area contributed by atoms with Gasteiger partial charge in [0.25, 0.3) is 0 Å². The van der Waals surface area contributed by atoms with Gasteiger partial charge >= 0.3 is 0 Å². The van der Waals surface area contributed by atoms with E-state index in [1.807, 2.05) is 0 Å². The first-order valence-corrected chi connectivity index (χ1v) is 8.19. The average molecular weight is 333 g/mol. The third-order valence-corrected chi connectivity index (χ3v) is 4.05. The summed E-state index contributed by atoms with van der Waals surface area (Å²) >= 11 is 0. The molecule has 7 heteroatoms. The second-order valence-electron chi connectivity index (χ2n) is 6.44. The highest BCUT2D eigenvalue weighted by Gasteiger charge is 2.26. The zero-order chi connectivity index (χ0) is 17.7. The number of aromatic nitrogens is 3. The molecule has 1 atom stereocenters. The summed E-state index contributed by atoms with van der Waals surface area (Å²) in [6.45, 7) is 5.76. The van der Waals surface area contributed by atoms with Crippen LogP contribution in [0.2, 0.25) is 0 Å². The smallest absolute Gasteiger partial charge is 0.222 e. The van der Waals surface area contributed by atoms with Crippen LogP contribution in [-0.2, 0) is 4.79 Å². The van der Waals surface area contributed by atoms with Gasteiger partial charge < -0.3 is 15.8 Å². The van der Waals surface area contributed by atoms with Gasteiger partial charge in [0.2, 0.25) is 5.95 Å². The van der Waals surface area contributed by atoms with Crippen molar-refractivity contribution in [3.8, 4) is 0 Å². The number of rotatable bonds is 8. The number of nitrogens with one attached hydrogen (secondary N) is 1. The molecule has 0 unspecified atom stereocenters. The number of fused-ring (bicyclic) bond motifs is 1. The molecular formula is C17H24FN5O. The molecule has 0 aromatic carbocycles. The van der Waals surface area contributed by atoms with Gasteiger partial charge in [-0.1, -0.05) is 19.8 Å². The molecule has 0 fully saturated rings. The Labute approximate surface area is 141 Å². The van der Waals surface area contributed by atoms with Gasteiger partial charge in [-0.25, -0.2) is 14.4 Å². The highest BCUT2D eigenvalue weighted by molar-refractivity contribution is 5.86. The van der Waals surface area contributed by atoms with E-state index in [0.29, 0.717) is 29.7 Å². The summed E-state index contributed by atoms with van der Waals surface area (Å²) in [4.78, 5) is 23.8. The van der Waals surface area contributed by atoms with Crippen molar-refractivity contribution >= 4 is 28.6 Å². The Hall–Kier alpha value is -2.31. The molecular weight excluding hydrogens is 309 g/mol. The summed E-state index contributed by atoms with van der Waals surface area (Å²) < 4.78 is 13.4. The van der Waals surface area contributed by atoms with Gasteiger partial charge in [0, 0.05) is 18.0 Å². The van der Waals surface area contributed by atoms with Crippen LogP contribution in [0.25, 0.3) is 11.0 Å². The Bertz CT molecular complexity index is 731. The average Bonchev–Trinajstić information content (AvgIpc) is 2.50. The zero-order valence-corrected chi connectivity index (χ0v) is 14.4. The molecule has 0 saturated carbocycles. The standard InChI is InChI=1S/C17H24FN5O/c1-4-5-7-17(3,8-6-11(2)24)23-15-14-13(21-16(19)22-15)9-12(18)10-20-14/h9-10H,4-8H2,1-3H3,(H3,19,21,22,23)/t17-/m1/s1. The summed E-state index contributed by atoms with van der Waals surface area (Å²) in [5.41, 5.74) is 6.25. The van der Waals surface area contributed by atoms with Crippen LogP contribution in [0.1, 0.15) is 52.9 Å². The van der Waals surface area contributed by atoms with Gasteiger partial charge in [0.15, 0.2) is 5.82 Å². The number of carbonyl (C=O) groups is 1. The van der Waals surface area contributed by atoms with E-state index < -0.39 is 5.82 Å². The van der Waals surface area contributed by atoms with E-state index in [0.717, 1.165) is 25.5 Å². The third-order valence-electron chi connectivity index (χ3n) is 4.05. The lowest BCUT2D eigenvalue weighted by Crippen LogP contribution is -2.36. The molecule has 24 heavy (non-hydrogen) atoms. The van der Waals surface area contributed by atoms with Crippen molar-refractivity contribution in [2.45, 2.75) is 58.4 Å². The molecule has 3 N–H and O–H groups in total. The quantitative estimate of drug-likeness (QED) is 0.768. The summed E-state index contributed by atoms with van der Waals surface area (Å²) in [6, 6.07) is 1.28. The molecule has 0 aliphatic rings. The van der Waals surface area contributed by atoms with Gasteiger partial charge in [-0.05, 0) is 26.7 Å². The minimum atomic E-state index is -0.475. The fourth-order valence-electron chi connectivity index (χ4n) is 2.65. The molecule has 0 aliphatic heterocycles. The number of anilines is 2. The highest BCUT2D eigenvalue weighted by Crippen LogP contribution is 2.28. The SMILES string of the molecule is CCCC[C@](C)(CCC(C)=O)Nc1nc(N)nc2cc(F)cnc12. The second-order valence-corrected chi connectivity index (χ2v) is 6.44. The number of nitrogens with two attached hydrogens (primary N) is 1. The first kappa shape index (κ1) is 18.0. The normalized spacial score (nSPS) is 13.7. The second kappa shape index (κ2) is 7.51. The fourth-order valence-corrected chi connectivity index (χ4v) is 2.65. The number of Topliss-reactive ketones (excluding diaryl/α,β-unsaturated/α-hetero) is 1. The van der Waals surface area contributed by atoms with E-state index >= 15 is 0 Å². The number of ketones is 1. The van der Waals surface area contributed by atoms with Gasteiger partial charge in [-0.15, -0.1) is 0 Å². The van der Waals surface area contributed by atoms with Gasteiger partial charge in [0.1, 0.15) is 17.1 Å². The lowest BCUT2D eigenvalue weighted by atomic mass is 9.89. The van der Waals surface area contributed by atoms with Crippen LogP contribution in [0, 0.1) is 5.82 Å². The van der Waals surface area contributed by atoms with Crippen LogP contribution < -0.4 is 11.1 Å². The fraction of sp³-hybridized carbons (Fsp3) is 0.529. The number of nitrogens with zero attached hydrogens (tertiary/aromatic N) is 3. The number of pyridine rings is 1. The van der Waals surface area contributed by atoms with E-state index in [-0.39, 0.29) is 17.3 Å². The van der Waals surface area contributed by atoms with Crippen LogP contribution in [-0.4, -0.2) is 26.3 Å². The van der Waals surface area contributed by atoms with E-state index in [2.05, 4.69) is 34.1 Å². The number of carbonyl (C=O) groups excluding carboxylic acids is 1. The van der Waals surface area contributed by atoms with Crippen LogP contribution in [0.4, 0.5) is 16.2 Å². The Kier molecular flexibility index (Phi) is 5.64. The Morgan fingerprint density at radius 2 is 2.12 bits per heavy atom. The maximum absolute atomic E-state index is 13.4. The molecule has 130 valence electrons. The van der Waals surface area contributed by atoms with Crippen LogP contribution in [0.15, 0.2) is 12.3 Å². The zero-order valence-electron chi connectivity index (χ0n) is 14.4. The van der Waals surface area contributed by atoms with Crippen molar-refractivity contribution in [3.63, 3.8) is 0 Å². The maximum atomic E-state index is 13.4. The number of nitrogen functional groups attached to an aromatic ring is 1. The number of halogens is 1. The molecule has 2 aromatic rings. The van der Waals surface area contributed by atoms with Gasteiger partial charge in [-0.3, -0.25) is 0 Å². The number of unbranched alkanes of at least 4 members (excludes halogenated alkanes) is 1. The number of hydrogen-bond donors (Lipinski definition) is 2. The molecule has 0 radical (unpaired) electrons. The third kappa shape index (κ3) is 4.59. The van der Waals surface area contributed by atoms with Crippen LogP contribution in [0.5, 0.6) is 0 Å². The first-order valence-electron chi connectivity index (χ1n) is 8.19. The van der Waals surface area contributed by atoms with Crippen molar-refractivity contribution in [3.05, 3.63) is 18.1 Å². The predicted molar refractivity (Wildman–Crippen MR) is 93.2 cm³/mol. The van der Waals surface area contributed by atoms with E-state index in [4.69, 9.17) is 5.73 Å². The summed E-state index contributed by atoms with van der Waals surface area (Å²) in [5.74, 6) is 0.199. The molecule has 0 amide bonds. The largest absolute Gasteiger partial charge is 0.368 e. The maximum Gasteiger partial charge on any atom is 0.222 e. The molecule has 6 nitrogen and oxygen atoms in total. The van der Waals surface area contributed by atoms with Crippen molar-refractivity contribution in [1.82, 2.24) is 15.0 Å². The Morgan fingerprint density at radius 1 is 1.38 bits per heavy atom. The Balaban J connectivity index is 2.37. The summed E-state index contributed by atoms with van der Waals surface area (Å²) in [5, 5.41) is 3.38. The topological polar surface area (TPSA) is 93.8 Å². The predicted octanol–water partition coefficient (Wildman–Crippen LogP) is 3.48. The van der Waals surface area contributed by atoms with Gasteiger partial charge in [0.05, 0.1) is 11.7 Å². The summed E-state index contributed by atoms with van der Waals surface area (Å²) in [6.07, 6.45) is 5.23. The molecule has 2 rings (SSSR count). The lowest BCUT2D eigenvalue weighted by Gasteiger charge is -2.31. The number of hydrogen-bond acceptors (Lipinski definition) is 6.